The van der Waals surface area contributed by atoms with E-state index in [-0.39, 0.29) is 11.8 Å². The summed E-state index contributed by atoms with van der Waals surface area (Å²) >= 11 is 2.22. The third-order valence-electron chi connectivity index (χ3n) is 2.90. The number of rotatable bonds is 6. The number of aromatic nitrogens is 2. The molecule has 0 atom stereocenters. The molecule has 0 radical (unpaired) electrons. The molecule has 112 valence electrons. The van der Waals surface area contributed by atoms with Crippen molar-refractivity contribution >= 4 is 34.2 Å². The molecule has 0 unspecified atom stereocenters. The van der Waals surface area contributed by atoms with E-state index in [0.29, 0.717) is 31.0 Å². The number of nitrogens with one attached hydrogen (secondary N) is 1. The second-order valence-electron chi connectivity index (χ2n) is 5.11. The Labute approximate surface area is 137 Å². The largest absolute Gasteiger partial charge is 0.339 e. The zero-order valence-corrected chi connectivity index (χ0v) is 14.3. The van der Waals surface area contributed by atoms with Crippen molar-refractivity contribution in [1.29, 1.82) is 0 Å². The number of nitrogens with zero attached hydrogens (tertiary/aromatic N) is 2. The second kappa shape index (κ2) is 7.53. The lowest BCUT2D eigenvalue weighted by Gasteiger charge is -2.04. The molecule has 0 bridgehead atoms. The molecule has 5 nitrogen and oxygen atoms in total. The summed E-state index contributed by atoms with van der Waals surface area (Å²) in [5.41, 5.74) is 0.826. The molecule has 1 aromatic heterocycles. The van der Waals surface area contributed by atoms with Gasteiger partial charge in [-0.05, 0) is 47.2 Å². The molecule has 1 heterocycles. The average molecular weight is 399 g/mol. The molecule has 2 rings (SSSR count). The van der Waals surface area contributed by atoms with Gasteiger partial charge in [0.2, 0.25) is 11.8 Å². The maximum atomic E-state index is 11.8. The van der Waals surface area contributed by atoms with Crippen LogP contribution in [-0.2, 0) is 11.2 Å². The van der Waals surface area contributed by atoms with Crippen LogP contribution in [0.1, 0.15) is 44.3 Å². The predicted octanol–water partition coefficient (Wildman–Crippen LogP) is 3.76. The summed E-state index contributed by atoms with van der Waals surface area (Å²) in [4.78, 5) is 16.1. The van der Waals surface area contributed by atoms with Crippen molar-refractivity contribution in [3.63, 3.8) is 0 Å². The van der Waals surface area contributed by atoms with Crippen LogP contribution in [-0.4, -0.2) is 16.0 Å². The van der Waals surface area contributed by atoms with Gasteiger partial charge in [-0.3, -0.25) is 4.79 Å². The SMILES string of the molecule is CC(C)c1noc(CCCC(=O)Nc2cccc(I)c2)n1. The Balaban J connectivity index is 1.76. The first-order chi connectivity index (χ1) is 10.0. The maximum Gasteiger partial charge on any atom is 0.226 e. The van der Waals surface area contributed by atoms with Crippen molar-refractivity contribution < 1.29 is 9.32 Å². The number of anilines is 1. The topological polar surface area (TPSA) is 68.0 Å². The predicted molar refractivity (Wildman–Crippen MR) is 89.1 cm³/mol. The highest BCUT2D eigenvalue weighted by molar-refractivity contribution is 14.1. The number of amides is 1. The molecular weight excluding hydrogens is 381 g/mol. The van der Waals surface area contributed by atoms with Gasteiger partial charge in [0.1, 0.15) is 0 Å². The standard InChI is InChI=1S/C15H18IN3O2/c1-10(2)15-18-14(21-19-15)8-4-7-13(20)17-12-6-3-5-11(16)9-12/h3,5-6,9-10H,4,7-8H2,1-2H3,(H,17,20). The van der Waals surface area contributed by atoms with Crippen LogP contribution in [0.4, 0.5) is 5.69 Å². The van der Waals surface area contributed by atoms with Gasteiger partial charge in [-0.15, -0.1) is 0 Å². The Morgan fingerprint density at radius 1 is 1.43 bits per heavy atom. The number of benzene rings is 1. The number of carbonyl (C=O) groups is 1. The van der Waals surface area contributed by atoms with Gasteiger partial charge >= 0.3 is 0 Å². The summed E-state index contributed by atoms with van der Waals surface area (Å²) in [5, 5.41) is 6.79. The molecule has 1 amide bonds. The third kappa shape index (κ3) is 5.11. The lowest BCUT2D eigenvalue weighted by Crippen LogP contribution is -2.11. The zero-order valence-electron chi connectivity index (χ0n) is 12.1. The molecule has 0 saturated heterocycles. The first-order valence-corrected chi connectivity index (χ1v) is 8.00. The van der Waals surface area contributed by atoms with Crippen molar-refractivity contribution in [2.45, 2.75) is 39.0 Å². The number of hydrogen-bond acceptors (Lipinski definition) is 4. The summed E-state index contributed by atoms with van der Waals surface area (Å²) in [6.07, 6.45) is 1.75. The Morgan fingerprint density at radius 2 is 2.24 bits per heavy atom. The quantitative estimate of drug-likeness (QED) is 0.752. The number of carbonyl (C=O) groups excluding carboxylic acids is 1. The average Bonchev–Trinajstić information content (AvgIpc) is 2.87. The molecule has 1 N–H and O–H groups in total. The van der Waals surface area contributed by atoms with Gasteiger partial charge in [0.15, 0.2) is 5.82 Å². The van der Waals surface area contributed by atoms with E-state index in [1.54, 1.807) is 0 Å². The molecule has 0 spiro atoms. The summed E-state index contributed by atoms with van der Waals surface area (Å²) in [7, 11) is 0. The second-order valence-corrected chi connectivity index (χ2v) is 6.36. The van der Waals surface area contributed by atoms with E-state index in [4.69, 9.17) is 4.52 Å². The highest BCUT2D eigenvalue weighted by Gasteiger charge is 2.10. The van der Waals surface area contributed by atoms with Gasteiger partial charge in [-0.1, -0.05) is 25.1 Å². The van der Waals surface area contributed by atoms with Gasteiger partial charge in [-0.25, -0.2) is 0 Å². The van der Waals surface area contributed by atoms with Crippen LogP contribution >= 0.6 is 22.6 Å². The molecule has 0 aliphatic heterocycles. The van der Waals surface area contributed by atoms with Crippen LogP contribution in [0.5, 0.6) is 0 Å². The summed E-state index contributed by atoms with van der Waals surface area (Å²) in [5.74, 6) is 1.57. The summed E-state index contributed by atoms with van der Waals surface area (Å²) < 4.78 is 6.24. The fourth-order valence-corrected chi connectivity index (χ4v) is 2.34. The Bertz CT molecular complexity index is 610. The Kier molecular flexibility index (Phi) is 5.72. The van der Waals surface area contributed by atoms with Crippen LogP contribution in [0, 0.1) is 3.57 Å². The molecule has 0 fully saturated rings. The Hall–Kier alpha value is -1.44. The molecular formula is C15H18IN3O2. The van der Waals surface area contributed by atoms with Gasteiger partial charge in [-0.2, -0.15) is 4.98 Å². The first-order valence-electron chi connectivity index (χ1n) is 6.92. The van der Waals surface area contributed by atoms with Crippen molar-refractivity contribution in [2.24, 2.45) is 0 Å². The molecule has 2 aromatic rings. The summed E-state index contributed by atoms with van der Waals surface area (Å²) in [6, 6.07) is 7.72. The van der Waals surface area contributed by atoms with E-state index in [0.717, 1.165) is 9.26 Å². The molecule has 0 saturated carbocycles. The van der Waals surface area contributed by atoms with Crippen molar-refractivity contribution in [3.8, 4) is 0 Å². The van der Waals surface area contributed by atoms with Crippen LogP contribution in [0.3, 0.4) is 0 Å². The minimum atomic E-state index is 0.000554. The monoisotopic (exact) mass is 399 g/mol. The minimum absolute atomic E-state index is 0.000554. The van der Waals surface area contributed by atoms with Crippen molar-refractivity contribution in [1.82, 2.24) is 10.1 Å². The number of halogens is 1. The van der Waals surface area contributed by atoms with E-state index < -0.39 is 0 Å². The van der Waals surface area contributed by atoms with Gasteiger partial charge in [0.05, 0.1) is 0 Å². The minimum Gasteiger partial charge on any atom is -0.339 e. The molecule has 0 aliphatic carbocycles. The smallest absolute Gasteiger partial charge is 0.226 e. The zero-order chi connectivity index (χ0) is 15.2. The lowest BCUT2D eigenvalue weighted by atomic mass is 10.2. The van der Waals surface area contributed by atoms with Crippen molar-refractivity contribution in [3.05, 3.63) is 39.6 Å². The number of hydrogen-bond donors (Lipinski definition) is 1. The lowest BCUT2D eigenvalue weighted by molar-refractivity contribution is -0.116. The van der Waals surface area contributed by atoms with Crippen LogP contribution in [0.25, 0.3) is 0 Å². The fourth-order valence-electron chi connectivity index (χ4n) is 1.79. The van der Waals surface area contributed by atoms with Crippen LogP contribution in [0.2, 0.25) is 0 Å². The van der Waals surface area contributed by atoms with E-state index >= 15 is 0 Å². The van der Waals surface area contributed by atoms with Crippen LogP contribution < -0.4 is 5.32 Å². The highest BCUT2D eigenvalue weighted by Crippen LogP contribution is 2.14. The van der Waals surface area contributed by atoms with E-state index in [1.807, 2.05) is 38.1 Å². The van der Waals surface area contributed by atoms with E-state index in [1.165, 1.54) is 0 Å². The summed E-state index contributed by atoms with van der Waals surface area (Å²) in [6.45, 7) is 4.03. The van der Waals surface area contributed by atoms with Gasteiger partial charge < -0.3 is 9.84 Å². The first kappa shape index (κ1) is 15.9. The van der Waals surface area contributed by atoms with E-state index in [9.17, 15) is 4.79 Å². The molecule has 6 heteroatoms. The van der Waals surface area contributed by atoms with Gasteiger partial charge in [0.25, 0.3) is 0 Å². The molecule has 1 aromatic carbocycles. The van der Waals surface area contributed by atoms with Gasteiger partial charge in [0, 0.05) is 28.0 Å². The Morgan fingerprint density at radius 3 is 2.90 bits per heavy atom. The molecule has 21 heavy (non-hydrogen) atoms. The van der Waals surface area contributed by atoms with Crippen LogP contribution in [0.15, 0.2) is 28.8 Å². The number of aryl methyl sites for hydroxylation is 1. The maximum absolute atomic E-state index is 11.8. The highest BCUT2D eigenvalue weighted by atomic mass is 127. The van der Waals surface area contributed by atoms with E-state index in [2.05, 4.69) is 38.0 Å². The molecule has 0 aliphatic rings. The third-order valence-corrected chi connectivity index (χ3v) is 3.57. The normalized spacial score (nSPS) is 10.9. The fraction of sp³-hybridized carbons (Fsp3) is 0.400. The van der Waals surface area contributed by atoms with Crippen molar-refractivity contribution in [2.75, 3.05) is 5.32 Å².